The maximum Gasteiger partial charge on any atom is 0.306 e. The van der Waals surface area contributed by atoms with E-state index in [0.29, 0.717) is 19.3 Å². The Morgan fingerprint density at radius 3 is 0.743 bits per heavy atom. The van der Waals surface area contributed by atoms with Crippen LogP contribution in [0.2, 0.25) is 0 Å². The summed E-state index contributed by atoms with van der Waals surface area (Å²) in [5.41, 5.74) is 0. The number of rotatable bonds is 59. The van der Waals surface area contributed by atoms with Gasteiger partial charge in [-0.1, -0.05) is 329 Å². The van der Waals surface area contributed by atoms with Gasteiger partial charge in [-0.05, 0) is 25.2 Å². The van der Waals surface area contributed by atoms with Gasteiger partial charge < -0.3 is 14.2 Å². The van der Waals surface area contributed by atoms with Gasteiger partial charge >= 0.3 is 17.9 Å². The summed E-state index contributed by atoms with van der Waals surface area (Å²) in [4.78, 5) is 38.3. The van der Waals surface area contributed by atoms with Crippen molar-refractivity contribution in [2.45, 2.75) is 374 Å². The number of carbonyl (C=O) groups excluding carboxylic acids is 3. The van der Waals surface area contributed by atoms with Gasteiger partial charge in [-0.25, -0.2) is 0 Å². The molecule has 0 fully saturated rings. The Kier molecular flexibility index (Phi) is 57.0. The Hall–Kier alpha value is -1.59. The molecule has 1 unspecified atom stereocenters. The summed E-state index contributed by atoms with van der Waals surface area (Å²) < 4.78 is 17.0. The molecule has 0 rings (SSSR count). The van der Waals surface area contributed by atoms with E-state index in [1.807, 2.05) is 0 Å². The minimum absolute atomic E-state index is 0.0612. The summed E-state index contributed by atoms with van der Waals surface area (Å²) in [7, 11) is 0. The van der Waals surface area contributed by atoms with Crippen LogP contribution in [-0.2, 0) is 28.6 Å². The largest absolute Gasteiger partial charge is 0.462 e. The van der Waals surface area contributed by atoms with Crippen LogP contribution in [0.25, 0.3) is 0 Å². The highest BCUT2D eigenvalue weighted by Gasteiger charge is 2.19. The van der Waals surface area contributed by atoms with Crippen molar-refractivity contribution in [3.63, 3.8) is 0 Å². The van der Waals surface area contributed by atoms with Crippen LogP contribution < -0.4 is 0 Å². The fourth-order valence-electron chi connectivity index (χ4n) is 9.95. The van der Waals surface area contributed by atoms with E-state index in [2.05, 4.69) is 27.7 Å². The van der Waals surface area contributed by atoms with Crippen molar-refractivity contribution in [2.75, 3.05) is 13.2 Å². The first-order valence-corrected chi connectivity index (χ1v) is 31.9. The lowest BCUT2D eigenvalue weighted by Crippen LogP contribution is -2.30. The molecule has 0 bridgehead atoms. The zero-order valence-electron chi connectivity index (χ0n) is 48.0. The lowest BCUT2D eigenvalue weighted by atomic mass is 9.99. The van der Waals surface area contributed by atoms with Gasteiger partial charge in [0.15, 0.2) is 6.10 Å². The minimum atomic E-state index is -0.763. The Morgan fingerprint density at radius 1 is 0.286 bits per heavy atom. The summed E-state index contributed by atoms with van der Waals surface area (Å²) in [5.74, 6) is 0.0680. The monoisotopic (exact) mass is 989 g/mol. The molecule has 0 aliphatic heterocycles. The first-order chi connectivity index (χ1) is 34.4. The molecule has 6 nitrogen and oxygen atoms in total. The molecule has 70 heavy (non-hydrogen) atoms. The van der Waals surface area contributed by atoms with Gasteiger partial charge in [0.1, 0.15) is 13.2 Å². The quantitative estimate of drug-likeness (QED) is 0.0343. The molecule has 0 aromatic carbocycles. The molecule has 0 aromatic rings. The summed E-state index contributed by atoms with van der Waals surface area (Å²) in [6.45, 7) is 9.12. The number of esters is 3. The Bertz CT molecular complexity index is 1060. The van der Waals surface area contributed by atoms with Crippen LogP contribution in [0, 0.1) is 5.92 Å². The SMILES string of the molecule is CCCCCCCCCCCCCCCCCCCCCC(=O)OC[C@H](COC(=O)CCCCCCCCCCCCCCCCC(C)CC)OC(=O)CCCCCCCCCCCCCCCCC. The van der Waals surface area contributed by atoms with Crippen molar-refractivity contribution < 1.29 is 28.6 Å². The van der Waals surface area contributed by atoms with Crippen LogP contribution in [0.1, 0.15) is 368 Å². The summed E-state index contributed by atoms with van der Waals surface area (Å²) in [5, 5.41) is 0. The zero-order valence-corrected chi connectivity index (χ0v) is 48.0. The smallest absolute Gasteiger partial charge is 0.306 e. The van der Waals surface area contributed by atoms with E-state index in [1.54, 1.807) is 0 Å². The molecule has 0 aromatic heterocycles. The molecular formula is C64H124O6. The topological polar surface area (TPSA) is 78.9 Å². The second-order valence-electron chi connectivity index (χ2n) is 22.3. The van der Waals surface area contributed by atoms with E-state index in [0.717, 1.165) is 63.7 Å². The zero-order chi connectivity index (χ0) is 50.9. The van der Waals surface area contributed by atoms with Crippen LogP contribution >= 0.6 is 0 Å². The molecule has 0 saturated carbocycles. The lowest BCUT2D eigenvalue weighted by Gasteiger charge is -2.18. The van der Waals surface area contributed by atoms with Crippen molar-refractivity contribution in [1.82, 2.24) is 0 Å². The predicted octanol–water partition coefficient (Wildman–Crippen LogP) is 21.4. The number of carbonyl (C=O) groups is 3. The van der Waals surface area contributed by atoms with Gasteiger partial charge in [0, 0.05) is 19.3 Å². The molecule has 416 valence electrons. The van der Waals surface area contributed by atoms with Crippen LogP contribution in [0.4, 0.5) is 0 Å². The van der Waals surface area contributed by atoms with Crippen LogP contribution in [0.3, 0.4) is 0 Å². The van der Waals surface area contributed by atoms with Crippen molar-refractivity contribution >= 4 is 17.9 Å². The summed E-state index contributed by atoms with van der Waals surface area (Å²) >= 11 is 0. The van der Waals surface area contributed by atoms with E-state index in [4.69, 9.17) is 14.2 Å². The van der Waals surface area contributed by atoms with E-state index < -0.39 is 6.10 Å². The predicted molar refractivity (Wildman–Crippen MR) is 303 cm³/mol. The average molecular weight is 990 g/mol. The van der Waals surface area contributed by atoms with Crippen LogP contribution in [0.5, 0.6) is 0 Å². The molecule has 0 spiro atoms. The highest BCUT2D eigenvalue weighted by Crippen LogP contribution is 2.19. The number of hydrogen-bond acceptors (Lipinski definition) is 6. The third-order valence-electron chi connectivity index (χ3n) is 15.2. The molecule has 0 heterocycles. The van der Waals surface area contributed by atoms with E-state index in [1.165, 1.54) is 263 Å². The Morgan fingerprint density at radius 2 is 0.500 bits per heavy atom. The maximum absolute atomic E-state index is 12.9. The lowest BCUT2D eigenvalue weighted by molar-refractivity contribution is -0.167. The third-order valence-corrected chi connectivity index (χ3v) is 15.2. The standard InChI is InChI=1S/C64H124O6/c1-5-8-10-12-14-16-18-20-22-23-24-25-27-31-35-39-43-47-51-55-62(65)68-58-61(70-64(67)57-53-49-45-41-37-33-26-21-19-17-15-13-11-9-6-2)59-69-63(66)56-52-48-44-40-36-32-29-28-30-34-38-42-46-50-54-60(4)7-3/h60-61H,5-59H2,1-4H3/t60?,61-/m1/s1. The Balaban J connectivity index is 4.27. The van der Waals surface area contributed by atoms with E-state index in [-0.39, 0.29) is 31.1 Å². The molecule has 2 atom stereocenters. The highest BCUT2D eigenvalue weighted by molar-refractivity contribution is 5.71. The first-order valence-electron chi connectivity index (χ1n) is 31.9. The molecular weight excluding hydrogens is 865 g/mol. The molecule has 0 saturated heterocycles. The number of hydrogen-bond donors (Lipinski definition) is 0. The fraction of sp³-hybridized carbons (Fsp3) is 0.953. The molecule has 0 amide bonds. The Labute approximate surface area is 438 Å². The van der Waals surface area contributed by atoms with Gasteiger partial charge in [-0.15, -0.1) is 0 Å². The third kappa shape index (κ3) is 55.7. The molecule has 0 aliphatic rings. The second kappa shape index (κ2) is 58.3. The maximum atomic E-state index is 12.9. The minimum Gasteiger partial charge on any atom is -0.462 e. The second-order valence-corrected chi connectivity index (χ2v) is 22.3. The van der Waals surface area contributed by atoms with Gasteiger partial charge in [0.25, 0.3) is 0 Å². The summed E-state index contributed by atoms with van der Waals surface area (Å²) in [6.07, 6.45) is 65.2. The normalized spacial score (nSPS) is 12.3. The summed E-state index contributed by atoms with van der Waals surface area (Å²) in [6, 6.07) is 0. The fourth-order valence-corrected chi connectivity index (χ4v) is 9.95. The van der Waals surface area contributed by atoms with Gasteiger partial charge in [0.2, 0.25) is 0 Å². The van der Waals surface area contributed by atoms with Crippen molar-refractivity contribution in [1.29, 1.82) is 0 Å². The van der Waals surface area contributed by atoms with Crippen molar-refractivity contribution in [2.24, 2.45) is 5.92 Å². The van der Waals surface area contributed by atoms with E-state index in [9.17, 15) is 14.4 Å². The number of ether oxygens (including phenoxy) is 3. The van der Waals surface area contributed by atoms with E-state index >= 15 is 0 Å². The molecule has 0 N–H and O–H groups in total. The molecule has 6 heteroatoms. The van der Waals surface area contributed by atoms with Crippen molar-refractivity contribution in [3.8, 4) is 0 Å². The molecule has 0 aliphatic carbocycles. The first kappa shape index (κ1) is 68.4. The highest BCUT2D eigenvalue weighted by atomic mass is 16.6. The van der Waals surface area contributed by atoms with Crippen LogP contribution in [0.15, 0.2) is 0 Å². The van der Waals surface area contributed by atoms with Gasteiger partial charge in [0.05, 0.1) is 0 Å². The van der Waals surface area contributed by atoms with Gasteiger partial charge in [-0.2, -0.15) is 0 Å². The van der Waals surface area contributed by atoms with Crippen LogP contribution in [-0.4, -0.2) is 37.2 Å². The number of unbranched alkanes of at least 4 members (excludes halogenated alkanes) is 45. The van der Waals surface area contributed by atoms with Crippen molar-refractivity contribution in [3.05, 3.63) is 0 Å². The average Bonchev–Trinajstić information content (AvgIpc) is 3.36. The molecule has 0 radical (unpaired) electrons. The van der Waals surface area contributed by atoms with Gasteiger partial charge in [-0.3, -0.25) is 14.4 Å².